The van der Waals surface area contributed by atoms with Crippen LogP contribution in [0, 0.1) is 11.7 Å². The third kappa shape index (κ3) is 6.08. The maximum atomic E-state index is 15.1. The molecule has 2 aromatic rings. The summed E-state index contributed by atoms with van der Waals surface area (Å²) in [6.45, 7) is 1.96. The van der Waals surface area contributed by atoms with Crippen LogP contribution in [0.3, 0.4) is 0 Å². The molecule has 206 valence electrons. The number of nitrogens with zero attached hydrogens (tertiary/aromatic N) is 3. The average molecular weight is 534 g/mol. The number of halogens is 4. The Morgan fingerprint density at radius 3 is 2.39 bits per heavy atom. The van der Waals surface area contributed by atoms with Gasteiger partial charge in [-0.2, -0.15) is 13.2 Å². The highest BCUT2D eigenvalue weighted by Crippen LogP contribution is 2.37. The molecular weight excluding hydrogens is 498 g/mol. The monoisotopic (exact) mass is 533 g/mol. The van der Waals surface area contributed by atoms with Crippen LogP contribution < -0.4 is 14.5 Å². The van der Waals surface area contributed by atoms with Gasteiger partial charge in [0.1, 0.15) is 11.6 Å². The van der Waals surface area contributed by atoms with Crippen molar-refractivity contribution in [2.45, 2.75) is 57.2 Å². The smallest absolute Gasteiger partial charge is 0.422 e. The first-order chi connectivity index (χ1) is 18.3. The normalized spacial score (nSPS) is 21.3. The molecule has 2 aliphatic heterocycles. The molecule has 0 N–H and O–H groups in total. The zero-order chi connectivity index (χ0) is 26.7. The van der Waals surface area contributed by atoms with Gasteiger partial charge in [-0.1, -0.05) is 43.5 Å². The van der Waals surface area contributed by atoms with Crippen molar-refractivity contribution in [1.29, 1.82) is 0 Å². The number of aryl methyl sites for hydroxylation is 1. The maximum Gasteiger partial charge on any atom is 0.422 e. The van der Waals surface area contributed by atoms with Crippen LogP contribution in [-0.2, 0) is 11.2 Å². The van der Waals surface area contributed by atoms with Gasteiger partial charge in [0.05, 0.1) is 17.4 Å². The minimum Gasteiger partial charge on any atom is -0.482 e. The number of hydrogen-bond acceptors (Lipinski definition) is 4. The first kappa shape index (κ1) is 26.8. The fourth-order valence-electron chi connectivity index (χ4n) is 6.14. The fourth-order valence-corrected chi connectivity index (χ4v) is 6.14. The van der Waals surface area contributed by atoms with Crippen LogP contribution >= 0.6 is 0 Å². The lowest BCUT2D eigenvalue weighted by molar-refractivity contribution is -0.153. The molecule has 0 radical (unpaired) electrons. The quantitative estimate of drug-likeness (QED) is 0.439. The summed E-state index contributed by atoms with van der Waals surface area (Å²) in [6.07, 6.45) is 2.06. The zero-order valence-corrected chi connectivity index (χ0v) is 21.6. The lowest BCUT2D eigenvalue weighted by atomic mass is 9.86. The molecule has 1 saturated heterocycles. The van der Waals surface area contributed by atoms with Crippen molar-refractivity contribution in [1.82, 2.24) is 4.90 Å². The Bertz CT molecular complexity index is 1110. The van der Waals surface area contributed by atoms with Crippen LogP contribution in [0.1, 0.15) is 44.1 Å². The number of benzene rings is 2. The van der Waals surface area contributed by atoms with Crippen LogP contribution in [0.15, 0.2) is 42.5 Å². The number of carbonyl (C=O) groups excluding carboxylic acids is 1. The Labute approximate surface area is 221 Å². The van der Waals surface area contributed by atoms with E-state index in [4.69, 9.17) is 4.74 Å². The first-order valence-corrected chi connectivity index (χ1v) is 13.7. The fraction of sp³-hybridized carbons (Fsp3) is 0.552. The second-order valence-electron chi connectivity index (χ2n) is 10.6. The number of hydrogen-bond donors (Lipinski definition) is 0. The number of rotatable bonds is 6. The molecule has 9 heteroatoms. The molecule has 1 unspecified atom stereocenters. The molecule has 5 rings (SSSR count). The van der Waals surface area contributed by atoms with E-state index in [-0.39, 0.29) is 29.4 Å². The SMILES string of the molecule is O=C(C1CCCCC1)N1c2c(F)cccc2CCC1CN1CCN(c2ccccc2OCC(F)(F)F)CC1. The second-order valence-corrected chi connectivity index (χ2v) is 10.6. The Balaban J connectivity index is 1.27. The van der Waals surface area contributed by atoms with Gasteiger partial charge in [-0.3, -0.25) is 9.69 Å². The molecule has 5 nitrogen and oxygen atoms in total. The van der Waals surface area contributed by atoms with Crippen molar-refractivity contribution in [2.75, 3.05) is 49.1 Å². The molecule has 38 heavy (non-hydrogen) atoms. The average Bonchev–Trinajstić information content (AvgIpc) is 2.92. The Hall–Kier alpha value is -2.81. The summed E-state index contributed by atoms with van der Waals surface area (Å²) < 4.78 is 58.4. The molecule has 2 fully saturated rings. The Morgan fingerprint density at radius 2 is 1.66 bits per heavy atom. The minimum absolute atomic E-state index is 0.0510. The summed E-state index contributed by atoms with van der Waals surface area (Å²) in [7, 11) is 0. The van der Waals surface area contributed by atoms with E-state index >= 15 is 4.39 Å². The summed E-state index contributed by atoms with van der Waals surface area (Å²) in [5.74, 6) is -0.115. The molecule has 1 amide bonds. The number of piperazine rings is 1. The lowest BCUT2D eigenvalue weighted by Crippen LogP contribution is -2.55. The van der Waals surface area contributed by atoms with Gasteiger partial charge in [-0.15, -0.1) is 0 Å². The summed E-state index contributed by atoms with van der Waals surface area (Å²) in [5.41, 5.74) is 2.00. The number of alkyl halides is 3. The molecule has 2 heterocycles. The van der Waals surface area contributed by atoms with E-state index in [0.29, 0.717) is 44.1 Å². The van der Waals surface area contributed by atoms with E-state index < -0.39 is 12.8 Å². The summed E-state index contributed by atoms with van der Waals surface area (Å²) in [4.78, 5) is 19.9. The maximum absolute atomic E-state index is 15.1. The molecule has 3 aliphatic rings. The van der Waals surface area contributed by atoms with Gasteiger partial charge in [-0.05, 0) is 49.4 Å². The Kier molecular flexibility index (Phi) is 8.12. The molecule has 0 bridgehead atoms. The van der Waals surface area contributed by atoms with E-state index in [1.165, 1.54) is 6.07 Å². The van der Waals surface area contributed by atoms with E-state index in [1.807, 2.05) is 11.0 Å². The standard InChI is InChI=1S/C29H35F4N3O2/c30-24-10-6-9-21-13-14-23(36(27(21)24)28(37)22-7-2-1-3-8-22)19-34-15-17-35(18-16-34)25-11-4-5-12-26(25)38-20-29(31,32)33/h4-6,9-12,22-23H,1-3,7-8,13-20H2. The number of ether oxygens (including phenoxy) is 1. The molecule has 1 atom stereocenters. The van der Waals surface area contributed by atoms with Crippen LogP contribution in [-0.4, -0.2) is 62.4 Å². The van der Waals surface area contributed by atoms with Gasteiger partial charge in [0.25, 0.3) is 0 Å². The largest absolute Gasteiger partial charge is 0.482 e. The predicted octanol–water partition coefficient (Wildman–Crippen LogP) is 5.82. The van der Waals surface area contributed by atoms with Gasteiger partial charge >= 0.3 is 6.18 Å². The van der Waals surface area contributed by atoms with Crippen molar-refractivity contribution in [3.8, 4) is 5.75 Å². The minimum atomic E-state index is -4.40. The highest BCUT2D eigenvalue weighted by Gasteiger charge is 2.38. The van der Waals surface area contributed by atoms with Gasteiger partial charge in [-0.25, -0.2) is 4.39 Å². The van der Waals surface area contributed by atoms with Gasteiger partial charge in [0.2, 0.25) is 5.91 Å². The van der Waals surface area contributed by atoms with E-state index in [0.717, 1.165) is 50.5 Å². The van der Waals surface area contributed by atoms with Crippen molar-refractivity contribution in [2.24, 2.45) is 5.92 Å². The number of anilines is 2. The Morgan fingerprint density at radius 1 is 0.921 bits per heavy atom. The van der Waals surface area contributed by atoms with E-state index in [1.54, 1.807) is 35.2 Å². The topological polar surface area (TPSA) is 36.0 Å². The van der Waals surface area contributed by atoms with Crippen molar-refractivity contribution < 1.29 is 27.1 Å². The van der Waals surface area contributed by atoms with Gasteiger partial charge in [0, 0.05) is 38.6 Å². The van der Waals surface area contributed by atoms with Crippen LogP contribution in [0.2, 0.25) is 0 Å². The van der Waals surface area contributed by atoms with E-state index in [9.17, 15) is 18.0 Å². The van der Waals surface area contributed by atoms with Crippen molar-refractivity contribution in [3.63, 3.8) is 0 Å². The summed E-state index contributed by atoms with van der Waals surface area (Å²) in [6, 6.07) is 11.8. The van der Waals surface area contributed by atoms with Crippen LogP contribution in [0.25, 0.3) is 0 Å². The van der Waals surface area contributed by atoms with Crippen LogP contribution in [0.4, 0.5) is 28.9 Å². The number of fused-ring (bicyclic) bond motifs is 1. The highest BCUT2D eigenvalue weighted by molar-refractivity contribution is 5.97. The van der Waals surface area contributed by atoms with Crippen molar-refractivity contribution in [3.05, 3.63) is 53.8 Å². The summed E-state index contributed by atoms with van der Waals surface area (Å²) in [5, 5.41) is 0. The van der Waals surface area contributed by atoms with Crippen LogP contribution in [0.5, 0.6) is 5.75 Å². The summed E-state index contributed by atoms with van der Waals surface area (Å²) >= 11 is 0. The number of para-hydroxylation sites is 3. The van der Waals surface area contributed by atoms with E-state index in [2.05, 4.69) is 4.90 Å². The number of amides is 1. The number of carbonyl (C=O) groups is 1. The zero-order valence-electron chi connectivity index (χ0n) is 21.6. The van der Waals surface area contributed by atoms with Gasteiger partial charge < -0.3 is 14.5 Å². The molecule has 0 aromatic heterocycles. The predicted molar refractivity (Wildman–Crippen MR) is 139 cm³/mol. The van der Waals surface area contributed by atoms with Crippen molar-refractivity contribution >= 4 is 17.3 Å². The third-order valence-electron chi connectivity index (χ3n) is 8.05. The van der Waals surface area contributed by atoms with Gasteiger partial charge in [0.15, 0.2) is 6.61 Å². The third-order valence-corrected chi connectivity index (χ3v) is 8.05. The first-order valence-electron chi connectivity index (χ1n) is 13.7. The highest BCUT2D eigenvalue weighted by atomic mass is 19.4. The lowest BCUT2D eigenvalue weighted by Gasteiger charge is -2.44. The molecule has 2 aromatic carbocycles. The molecule has 1 aliphatic carbocycles. The molecule has 1 saturated carbocycles. The molecule has 0 spiro atoms. The second kappa shape index (κ2) is 11.5. The molecular formula is C29H35F4N3O2.